The molecule has 34 heavy (non-hydrogen) atoms. The molecular formula is C24H16F8O2. The first kappa shape index (κ1) is 25.3. The first-order valence-electron chi connectivity index (χ1n) is 9.85. The van der Waals surface area contributed by atoms with Gasteiger partial charge in [0.2, 0.25) is 0 Å². The van der Waals surface area contributed by atoms with Crippen LogP contribution in [0, 0.1) is 11.6 Å². The van der Waals surface area contributed by atoms with Crippen LogP contribution in [0.2, 0.25) is 0 Å². The van der Waals surface area contributed by atoms with Gasteiger partial charge in [-0.15, -0.1) is 6.58 Å². The van der Waals surface area contributed by atoms with Gasteiger partial charge in [0.1, 0.15) is 17.4 Å². The summed E-state index contributed by atoms with van der Waals surface area (Å²) in [7, 11) is 0. The maximum Gasteiger partial charge on any atom is 0.419 e. The molecule has 0 fully saturated rings. The van der Waals surface area contributed by atoms with Crippen molar-refractivity contribution >= 4 is 17.1 Å². The predicted octanol–water partition coefficient (Wildman–Crippen LogP) is 6.83. The molecule has 2 nitrogen and oxygen atoms in total. The van der Waals surface area contributed by atoms with Gasteiger partial charge < -0.3 is 0 Å². The van der Waals surface area contributed by atoms with E-state index in [1.807, 2.05) is 0 Å². The van der Waals surface area contributed by atoms with Gasteiger partial charge in [-0.3, -0.25) is 9.59 Å². The normalized spacial score (nSPS) is 21.5. The van der Waals surface area contributed by atoms with E-state index >= 15 is 0 Å². The van der Waals surface area contributed by atoms with Crippen molar-refractivity contribution in [3.05, 3.63) is 89.0 Å². The Labute approximate surface area is 188 Å². The van der Waals surface area contributed by atoms with Gasteiger partial charge in [-0.05, 0) is 41.8 Å². The lowest BCUT2D eigenvalue weighted by molar-refractivity contribution is -0.140. The van der Waals surface area contributed by atoms with Crippen molar-refractivity contribution in [1.82, 2.24) is 0 Å². The van der Waals surface area contributed by atoms with Crippen LogP contribution < -0.4 is 0 Å². The van der Waals surface area contributed by atoms with Crippen molar-refractivity contribution in [2.24, 2.45) is 0 Å². The Bertz CT molecular complexity index is 1190. The molecular weight excluding hydrogens is 472 g/mol. The molecule has 10 heteroatoms. The summed E-state index contributed by atoms with van der Waals surface area (Å²) >= 11 is 0. The lowest BCUT2D eigenvalue weighted by Crippen LogP contribution is -2.35. The van der Waals surface area contributed by atoms with Crippen molar-refractivity contribution in [2.75, 3.05) is 0 Å². The number of alkyl halides is 6. The van der Waals surface area contributed by atoms with E-state index < -0.39 is 71.4 Å². The van der Waals surface area contributed by atoms with Crippen LogP contribution in [-0.4, -0.2) is 11.6 Å². The highest BCUT2D eigenvalue weighted by Gasteiger charge is 2.41. The molecule has 0 saturated heterocycles. The Morgan fingerprint density at radius 2 is 1.38 bits per heavy atom. The molecule has 3 rings (SSSR count). The SMILES string of the molecule is C=C[C@]1(c2ccc(F)c(C(F)(F)F)c2)C/C=C(/c2ccc(F)c(C(F)(F)F)c2)C(=O)CCC1=O. The minimum absolute atomic E-state index is 0.235. The molecule has 1 aliphatic carbocycles. The minimum atomic E-state index is -5.05. The molecule has 0 unspecified atom stereocenters. The van der Waals surface area contributed by atoms with Crippen molar-refractivity contribution in [3.8, 4) is 0 Å². The first-order valence-corrected chi connectivity index (χ1v) is 9.85. The number of rotatable bonds is 3. The molecule has 0 spiro atoms. The lowest BCUT2D eigenvalue weighted by atomic mass is 9.70. The van der Waals surface area contributed by atoms with Crippen LogP contribution in [0.5, 0.6) is 0 Å². The summed E-state index contributed by atoms with van der Waals surface area (Å²) < 4.78 is 107. The third-order valence-electron chi connectivity index (χ3n) is 5.72. The maximum absolute atomic E-state index is 13.8. The molecule has 0 aromatic heterocycles. The lowest BCUT2D eigenvalue weighted by Gasteiger charge is -2.31. The smallest absolute Gasteiger partial charge is 0.298 e. The maximum atomic E-state index is 13.8. The summed E-state index contributed by atoms with van der Waals surface area (Å²) in [5.74, 6) is -4.45. The second-order valence-electron chi connectivity index (χ2n) is 7.73. The van der Waals surface area contributed by atoms with Gasteiger partial charge >= 0.3 is 12.4 Å². The van der Waals surface area contributed by atoms with E-state index in [-0.39, 0.29) is 16.7 Å². The molecule has 1 aliphatic rings. The number of carbonyl (C=O) groups is 2. The van der Waals surface area contributed by atoms with Crippen molar-refractivity contribution in [3.63, 3.8) is 0 Å². The highest BCUT2D eigenvalue weighted by Crippen LogP contribution is 2.41. The highest BCUT2D eigenvalue weighted by atomic mass is 19.4. The van der Waals surface area contributed by atoms with Crippen LogP contribution in [0.3, 0.4) is 0 Å². The van der Waals surface area contributed by atoms with Gasteiger partial charge in [0, 0.05) is 18.4 Å². The van der Waals surface area contributed by atoms with Gasteiger partial charge in [0.15, 0.2) is 5.78 Å². The third kappa shape index (κ3) is 4.67. The topological polar surface area (TPSA) is 34.1 Å². The number of carbonyl (C=O) groups excluding carboxylic acids is 2. The minimum Gasteiger partial charge on any atom is -0.298 e. The standard InChI is InChI=1S/C24H16F8O2/c1-2-22(14-4-6-19(26)17(12-14)24(30,31)32)10-9-15(20(33)7-8-21(22)34)13-3-5-18(25)16(11-13)23(27,28)29/h2-6,9,11-12H,1,7-8,10H2/b15-9-/t22-/m1/s1. The average molecular weight is 488 g/mol. The Kier molecular flexibility index (Phi) is 6.56. The van der Waals surface area contributed by atoms with E-state index in [0.29, 0.717) is 24.3 Å². The van der Waals surface area contributed by atoms with E-state index in [9.17, 15) is 44.7 Å². The summed E-state index contributed by atoms with van der Waals surface area (Å²) in [5, 5.41) is 0. The van der Waals surface area contributed by atoms with E-state index in [1.165, 1.54) is 0 Å². The Balaban J connectivity index is 2.16. The van der Waals surface area contributed by atoms with Gasteiger partial charge in [0.25, 0.3) is 0 Å². The molecule has 2 aromatic rings. The molecule has 0 heterocycles. The first-order chi connectivity index (χ1) is 15.7. The molecule has 0 saturated carbocycles. The summed E-state index contributed by atoms with van der Waals surface area (Å²) in [6.45, 7) is 3.54. The fourth-order valence-corrected chi connectivity index (χ4v) is 3.88. The molecule has 180 valence electrons. The van der Waals surface area contributed by atoms with Gasteiger partial charge in [-0.25, -0.2) is 8.78 Å². The van der Waals surface area contributed by atoms with Crippen molar-refractivity contribution in [1.29, 1.82) is 0 Å². The van der Waals surface area contributed by atoms with Crippen LogP contribution in [0.25, 0.3) is 5.57 Å². The van der Waals surface area contributed by atoms with Crippen LogP contribution in [0.4, 0.5) is 35.1 Å². The number of Topliss-reactive ketones (excluding diaryl/α,β-unsaturated/α-hetero) is 2. The van der Waals surface area contributed by atoms with Gasteiger partial charge in [-0.1, -0.05) is 24.3 Å². The fraction of sp³-hybridized carbons (Fsp3) is 0.250. The Hall–Kier alpha value is -3.30. The Morgan fingerprint density at radius 3 is 1.94 bits per heavy atom. The van der Waals surface area contributed by atoms with E-state index in [2.05, 4.69) is 6.58 Å². The fourth-order valence-electron chi connectivity index (χ4n) is 3.88. The molecule has 0 radical (unpaired) electrons. The summed E-state index contributed by atoms with van der Waals surface area (Å²) in [5.41, 5.74) is -5.74. The van der Waals surface area contributed by atoms with Gasteiger partial charge in [0.05, 0.1) is 16.5 Å². The predicted molar refractivity (Wildman–Crippen MR) is 107 cm³/mol. The van der Waals surface area contributed by atoms with Crippen LogP contribution >= 0.6 is 0 Å². The van der Waals surface area contributed by atoms with Crippen LogP contribution in [-0.2, 0) is 27.4 Å². The number of halogens is 8. The molecule has 0 N–H and O–H groups in total. The number of hydrogen-bond acceptors (Lipinski definition) is 2. The quantitative estimate of drug-likeness (QED) is 0.351. The second kappa shape index (κ2) is 8.81. The monoisotopic (exact) mass is 488 g/mol. The zero-order valence-corrected chi connectivity index (χ0v) is 17.3. The van der Waals surface area contributed by atoms with Gasteiger partial charge in [-0.2, -0.15) is 26.3 Å². The van der Waals surface area contributed by atoms with Crippen LogP contribution in [0.15, 0.2) is 55.1 Å². The molecule has 2 aromatic carbocycles. The summed E-state index contributed by atoms with van der Waals surface area (Å²) in [4.78, 5) is 25.6. The summed E-state index contributed by atoms with van der Waals surface area (Å²) in [6, 6.07) is 3.99. The molecule has 0 amide bonds. The number of hydrogen-bond donors (Lipinski definition) is 0. The number of ketones is 2. The largest absolute Gasteiger partial charge is 0.419 e. The highest BCUT2D eigenvalue weighted by molar-refractivity contribution is 6.22. The van der Waals surface area contributed by atoms with Crippen molar-refractivity contribution < 1.29 is 44.7 Å². The van der Waals surface area contributed by atoms with Crippen LogP contribution in [0.1, 0.15) is 41.5 Å². The zero-order chi connectivity index (χ0) is 25.5. The van der Waals surface area contributed by atoms with E-state index in [1.54, 1.807) is 0 Å². The number of allylic oxidation sites excluding steroid dienone is 3. The van der Waals surface area contributed by atoms with E-state index in [0.717, 1.165) is 24.3 Å². The molecule has 0 bridgehead atoms. The Morgan fingerprint density at radius 1 is 0.824 bits per heavy atom. The number of benzene rings is 2. The molecule has 1 atom stereocenters. The zero-order valence-electron chi connectivity index (χ0n) is 17.3. The molecule has 0 aliphatic heterocycles. The average Bonchev–Trinajstić information content (AvgIpc) is 2.74. The van der Waals surface area contributed by atoms with Crippen molar-refractivity contribution in [2.45, 2.75) is 37.0 Å². The second-order valence-corrected chi connectivity index (χ2v) is 7.73. The summed E-state index contributed by atoms with van der Waals surface area (Å²) in [6.07, 6.45) is -9.23. The third-order valence-corrected chi connectivity index (χ3v) is 5.72. The van der Waals surface area contributed by atoms with E-state index in [4.69, 9.17) is 0 Å².